The molecule has 0 amide bonds. The van der Waals surface area contributed by atoms with Gasteiger partial charge in [0.2, 0.25) is 0 Å². The number of halogens is 1. The minimum absolute atomic E-state index is 0.123. The summed E-state index contributed by atoms with van der Waals surface area (Å²) in [4.78, 5) is 7.19. The van der Waals surface area contributed by atoms with Gasteiger partial charge in [-0.1, -0.05) is 24.3 Å². The first-order chi connectivity index (χ1) is 13.8. The second-order valence-corrected chi connectivity index (χ2v) is 8.86. The van der Waals surface area contributed by atoms with E-state index in [9.17, 15) is 0 Å². The molecule has 1 aromatic carbocycles. The lowest BCUT2D eigenvalue weighted by Gasteiger charge is -2.42. The van der Waals surface area contributed by atoms with Crippen LogP contribution in [0.15, 0.2) is 54.0 Å². The highest BCUT2D eigenvalue weighted by atomic mass is 35.5. The van der Waals surface area contributed by atoms with Gasteiger partial charge in [-0.2, -0.15) is 0 Å². The Balaban J connectivity index is 1.52. The van der Waals surface area contributed by atoms with E-state index in [4.69, 9.17) is 11.6 Å². The van der Waals surface area contributed by atoms with E-state index in [1.807, 2.05) is 0 Å². The minimum atomic E-state index is 0.123. The van der Waals surface area contributed by atoms with Gasteiger partial charge in [0.05, 0.1) is 6.04 Å². The molecule has 0 spiro atoms. The molecule has 0 aromatic heterocycles. The van der Waals surface area contributed by atoms with E-state index in [1.165, 1.54) is 22.5 Å². The summed E-state index contributed by atoms with van der Waals surface area (Å²) in [6.45, 7) is 15.5. The normalized spacial score (nSPS) is 21.8. The molecule has 4 nitrogen and oxygen atoms in total. The second-order valence-electron chi connectivity index (χ2n) is 8.45. The van der Waals surface area contributed by atoms with E-state index in [0.29, 0.717) is 0 Å². The predicted octanol–water partition coefficient (Wildman–Crippen LogP) is 4.54. The fourth-order valence-corrected chi connectivity index (χ4v) is 4.64. The van der Waals surface area contributed by atoms with Crippen molar-refractivity contribution in [1.29, 1.82) is 0 Å². The lowest BCUT2D eigenvalue weighted by molar-refractivity contribution is 0.154. The molecule has 154 valence electrons. The molecule has 1 saturated heterocycles. The van der Waals surface area contributed by atoms with Gasteiger partial charge in [-0.3, -0.25) is 0 Å². The van der Waals surface area contributed by atoms with Crippen LogP contribution in [-0.2, 0) is 0 Å². The van der Waals surface area contributed by atoms with E-state index in [0.717, 1.165) is 54.7 Å². The van der Waals surface area contributed by atoms with E-state index in [-0.39, 0.29) is 6.04 Å². The first-order valence-corrected chi connectivity index (χ1v) is 10.7. The molecule has 29 heavy (non-hydrogen) atoms. The van der Waals surface area contributed by atoms with Gasteiger partial charge in [-0.25, -0.2) is 0 Å². The zero-order chi connectivity index (χ0) is 20.7. The highest BCUT2D eigenvalue weighted by Gasteiger charge is 2.26. The number of anilines is 1. The van der Waals surface area contributed by atoms with Crippen molar-refractivity contribution in [2.45, 2.75) is 26.8 Å². The second kappa shape index (κ2) is 7.83. The molecule has 0 saturated carbocycles. The van der Waals surface area contributed by atoms with E-state index >= 15 is 0 Å². The molecule has 0 bridgehead atoms. The van der Waals surface area contributed by atoms with Crippen LogP contribution >= 0.6 is 11.6 Å². The smallest absolute Gasteiger partial charge is 0.104 e. The third-order valence-electron chi connectivity index (χ3n) is 6.32. The molecule has 4 rings (SSSR count). The summed E-state index contributed by atoms with van der Waals surface area (Å²) < 4.78 is 0. The molecule has 3 aliphatic rings. The Morgan fingerprint density at radius 2 is 1.79 bits per heavy atom. The summed E-state index contributed by atoms with van der Waals surface area (Å²) in [5.74, 6) is 1.30. The third-order valence-corrected chi connectivity index (χ3v) is 6.65. The van der Waals surface area contributed by atoms with Crippen LogP contribution in [0.3, 0.4) is 0 Å². The van der Waals surface area contributed by atoms with Crippen molar-refractivity contribution >= 4 is 22.3 Å². The fraction of sp³-hybridized carbons (Fsp3) is 0.417. The van der Waals surface area contributed by atoms with Gasteiger partial charge < -0.3 is 20.0 Å². The minimum Gasteiger partial charge on any atom is -0.374 e. The molecule has 1 fully saturated rings. The topological polar surface area (TPSA) is 21.8 Å². The van der Waals surface area contributed by atoms with Crippen molar-refractivity contribution in [3.8, 4) is 0 Å². The molecule has 1 N–H and O–H groups in total. The average molecular weight is 411 g/mol. The number of hydrogen-bond acceptors (Lipinski definition) is 4. The molecule has 1 aromatic rings. The number of nitrogens with zero attached hydrogens (tertiary/aromatic N) is 3. The van der Waals surface area contributed by atoms with Crippen LogP contribution in [0.4, 0.5) is 5.69 Å². The Labute approximate surface area is 179 Å². The van der Waals surface area contributed by atoms with Crippen LogP contribution in [0.5, 0.6) is 0 Å². The SMILES string of the molecule is C=C(C)N1CCN(C2=CC=C(C3C=C(Cl)c4cc(C)c(C)cc4N3)CN2C)CC1. The van der Waals surface area contributed by atoms with Gasteiger partial charge in [-0.15, -0.1) is 0 Å². The van der Waals surface area contributed by atoms with Crippen molar-refractivity contribution in [2.24, 2.45) is 0 Å². The largest absolute Gasteiger partial charge is 0.374 e. The Bertz CT molecular complexity index is 919. The number of hydrogen-bond donors (Lipinski definition) is 1. The Hall–Kier alpha value is -2.33. The van der Waals surface area contributed by atoms with Gasteiger partial charge in [0, 0.05) is 61.8 Å². The van der Waals surface area contributed by atoms with Gasteiger partial charge in [0.15, 0.2) is 0 Å². The summed E-state index contributed by atoms with van der Waals surface area (Å²) in [6.07, 6.45) is 6.67. The van der Waals surface area contributed by atoms with Gasteiger partial charge >= 0.3 is 0 Å². The summed E-state index contributed by atoms with van der Waals surface area (Å²) >= 11 is 6.66. The molecular weight excluding hydrogens is 380 g/mol. The van der Waals surface area contributed by atoms with Gasteiger partial charge in [-0.05, 0) is 61.8 Å². The lowest BCUT2D eigenvalue weighted by atomic mass is 9.95. The van der Waals surface area contributed by atoms with Crippen molar-refractivity contribution in [2.75, 3.05) is 45.1 Å². The molecule has 1 atom stereocenters. The summed E-state index contributed by atoms with van der Waals surface area (Å²) in [7, 11) is 2.18. The van der Waals surface area contributed by atoms with Gasteiger partial charge in [0.1, 0.15) is 5.82 Å². The number of likely N-dealkylation sites (N-methyl/N-ethyl adjacent to an activating group) is 1. The van der Waals surface area contributed by atoms with Crippen molar-refractivity contribution in [3.05, 3.63) is 70.7 Å². The van der Waals surface area contributed by atoms with E-state index in [1.54, 1.807) is 0 Å². The summed E-state index contributed by atoms with van der Waals surface area (Å²) in [5, 5.41) is 4.52. The zero-order valence-electron chi connectivity index (χ0n) is 17.9. The first kappa shape index (κ1) is 20.0. The molecule has 1 unspecified atom stereocenters. The lowest BCUT2D eigenvalue weighted by Crippen LogP contribution is -2.48. The molecule has 5 heteroatoms. The van der Waals surface area contributed by atoms with E-state index < -0.39 is 0 Å². The molecular formula is C24H31ClN4. The van der Waals surface area contributed by atoms with Crippen LogP contribution in [0.2, 0.25) is 0 Å². The number of piperazine rings is 1. The number of allylic oxidation sites excluding steroid dienone is 3. The Morgan fingerprint density at radius 1 is 1.10 bits per heavy atom. The number of fused-ring (bicyclic) bond motifs is 1. The average Bonchev–Trinajstić information content (AvgIpc) is 2.69. The standard InChI is InChI=1S/C24H31ClN4/c1-16(2)28-8-10-29(11-9-28)24-7-6-19(15-27(24)5)22-14-21(25)20-12-17(3)18(4)13-23(20)26-22/h6-7,12-14,22,26H,1,8-11,15H2,2-5H3. The van der Waals surface area contributed by atoms with Crippen LogP contribution in [0.25, 0.3) is 5.03 Å². The van der Waals surface area contributed by atoms with Crippen LogP contribution in [0, 0.1) is 13.8 Å². The van der Waals surface area contributed by atoms with Crippen molar-refractivity contribution in [3.63, 3.8) is 0 Å². The maximum atomic E-state index is 6.66. The first-order valence-electron chi connectivity index (χ1n) is 10.4. The number of rotatable bonds is 3. The predicted molar refractivity (Wildman–Crippen MR) is 124 cm³/mol. The van der Waals surface area contributed by atoms with Crippen LogP contribution in [0.1, 0.15) is 23.6 Å². The molecule has 0 aliphatic carbocycles. The van der Waals surface area contributed by atoms with Crippen molar-refractivity contribution in [1.82, 2.24) is 14.7 Å². The van der Waals surface area contributed by atoms with Crippen molar-refractivity contribution < 1.29 is 0 Å². The Kier molecular flexibility index (Phi) is 5.39. The number of nitrogens with one attached hydrogen (secondary N) is 1. The quantitative estimate of drug-likeness (QED) is 0.789. The fourth-order valence-electron chi connectivity index (χ4n) is 4.36. The summed E-state index contributed by atoms with van der Waals surface area (Å²) in [6, 6.07) is 4.51. The zero-order valence-corrected chi connectivity index (χ0v) is 18.7. The molecule has 0 radical (unpaired) electrons. The highest BCUT2D eigenvalue weighted by Crippen LogP contribution is 2.36. The maximum Gasteiger partial charge on any atom is 0.104 e. The van der Waals surface area contributed by atoms with Gasteiger partial charge in [0.25, 0.3) is 0 Å². The molecule has 3 heterocycles. The van der Waals surface area contributed by atoms with Crippen LogP contribution < -0.4 is 5.32 Å². The number of benzene rings is 1. The van der Waals surface area contributed by atoms with Crippen LogP contribution in [-0.4, -0.2) is 60.5 Å². The highest BCUT2D eigenvalue weighted by molar-refractivity contribution is 6.49. The Morgan fingerprint density at radius 3 is 2.45 bits per heavy atom. The maximum absolute atomic E-state index is 6.66. The number of aryl methyl sites for hydroxylation is 2. The monoisotopic (exact) mass is 410 g/mol. The summed E-state index contributed by atoms with van der Waals surface area (Å²) in [5.41, 5.74) is 7.27. The van der Waals surface area contributed by atoms with E-state index in [2.05, 4.69) is 84.8 Å². The molecule has 3 aliphatic heterocycles. The third kappa shape index (κ3) is 3.91.